The number of anilines is 1. The van der Waals surface area contributed by atoms with Crippen molar-refractivity contribution in [1.82, 2.24) is 4.72 Å². The summed E-state index contributed by atoms with van der Waals surface area (Å²) in [7, 11) is -0.926. The Hall–Kier alpha value is -2.00. The zero-order valence-corrected chi connectivity index (χ0v) is 18.0. The molecule has 0 saturated carbocycles. The van der Waals surface area contributed by atoms with Crippen LogP contribution in [-0.4, -0.2) is 34.6 Å². The second kappa shape index (κ2) is 9.00. The van der Waals surface area contributed by atoms with Crippen LogP contribution in [0.5, 0.6) is 11.5 Å². The van der Waals surface area contributed by atoms with Crippen LogP contribution in [0.4, 0.5) is 5.69 Å². The number of rotatable bonds is 7. The molecule has 152 valence electrons. The fraction of sp³-hybridized carbons (Fsp3) is 0.278. The minimum absolute atomic E-state index is 0.00994. The van der Waals surface area contributed by atoms with Crippen molar-refractivity contribution in [2.75, 3.05) is 19.5 Å². The van der Waals surface area contributed by atoms with E-state index in [4.69, 9.17) is 32.7 Å². The summed E-state index contributed by atoms with van der Waals surface area (Å²) in [6, 6.07) is 6.57. The molecule has 0 radical (unpaired) electrons. The summed E-state index contributed by atoms with van der Waals surface area (Å²) >= 11 is 12.2. The zero-order valence-electron chi connectivity index (χ0n) is 15.7. The highest BCUT2D eigenvalue weighted by molar-refractivity contribution is 7.89. The molecule has 0 aliphatic heterocycles. The van der Waals surface area contributed by atoms with Gasteiger partial charge in [-0.1, -0.05) is 23.2 Å². The van der Waals surface area contributed by atoms with E-state index in [2.05, 4.69) is 10.0 Å². The molecule has 0 saturated heterocycles. The fourth-order valence-electron chi connectivity index (χ4n) is 2.37. The van der Waals surface area contributed by atoms with Gasteiger partial charge in [-0.05, 0) is 32.0 Å². The van der Waals surface area contributed by atoms with E-state index in [-0.39, 0.29) is 21.5 Å². The van der Waals surface area contributed by atoms with Gasteiger partial charge in [-0.2, -0.15) is 0 Å². The molecule has 10 heteroatoms. The molecule has 2 aromatic rings. The minimum atomic E-state index is -3.79. The molecule has 0 fully saturated rings. The van der Waals surface area contributed by atoms with Gasteiger partial charge in [0.05, 0.1) is 40.4 Å². The van der Waals surface area contributed by atoms with Crippen molar-refractivity contribution in [3.05, 3.63) is 45.9 Å². The Morgan fingerprint density at radius 1 is 1.00 bits per heavy atom. The highest BCUT2D eigenvalue weighted by Gasteiger charge is 2.21. The molecule has 7 nitrogen and oxygen atoms in total. The summed E-state index contributed by atoms with van der Waals surface area (Å²) in [5.41, 5.74) is 0.280. The van der Waals surface area contributed by atoms with Gasteiger partial charge in [-0.3, -0.25) is 4.79 Å². The Bertz CT molecular complexity index is 994. The lowest BCUT2D eigenvalue weighted by molar-refractivity contribution is 0.102. The van der Waals surface area contributed by atoms with Crippen LogP contribution in [0.25, 0.3) is 0 Å². The monoisotopic (exact) mass is 446 g/mol. The molecule has 0 aromatic heterocycles. The third-order valence-electron chi connectivity index (χ3n) is 3.61. The maximum atomic E-state index is 12.7. The van der Waals surface area contributed by atoms with Crippen LogP contribution in [0, 0.1) is 0 Å². The average Bonchev–Trinajstić information content (AvgIpc) is 2.61. The lowest BCUT2D eigenvalue weighted by atomic mass is 10.2. The number of ether oxygens (including phenoxy) is 2. The molecule has 0 spiro atoms. The normalized spacial score (nSPS) is 11.4. The number of methoxy groups -OCH3 is 2. The summed E-state index contributed by atoms with van der Waals surface area (Å²) in [5.74, 6) is 0.0242. The van der Waals surface area contributed by atoms with Crippen molar-refractivity contribution in [2.45, 2.75) is 24.8 Å². The molecule has 1 amide bonds. The predicted molar refractivity (Wildman–Crippen MR) is 109 cm³/mol. The Labute approximate surface area is 174 Å². The highest BCUT2D eigenvalue weighted by Crippen LogP contribution is 2.36. The van der Waals surface area contributed by atoms with Crippen LogP contribution in [0.15, 0.2) is 35.2 Å². The molecule has 0 heterocycles. The first-order valence-corrected chi connectivity index (χ1v) is 10.4. The molecular formula is C18H20Cl2N2O5S. The third kappa shape index (κ3) is 5.08. The molecule has 28 heavy (non-hydrogen) atoms. The third-order valence-corrected chi connectivity index (χ3v) is 5.89. The molecule has 0 aliphatic carbocycles. The summed E-state index contributed by atoms with van der Waals surface area (Å²) in [6.07, 6.45) is 0. The SMILES string of the molecule is COc1cc(NC(=O)c2cc(S(=O)(=O)NC(C)C)ccc2Cl)c(OC)cc1Cl. The first kappa shape index (κ1) is 22.3. The number of sulfonamides is 1. The van der Waals surface area contributed by atoms with E-state index < -0.39 is 15.9 Å². The van der Waals surface area contributed by atoms with Crippen LogP contribution in [-0.2, 0) is 10.0 Å². The average molecular weight is 447 g/mol. The number of halogens is 2. The van der Waals surface area contributed by atoms with Crippen molar-refractivity contribution in [2.24, 2.45) is 0 Å². The number of carbonyl (C=O) groups excluding carboxylic acids is 1. The van der Waals surface area contributed by atoms with Gasteiger partial charge >= 0.3 is 0 Å². The summed E-state index contributed by atoms with van der Waals surface area (Å²) < 4.78 is 37.6. The lowest BCUT2D eigenvalue weighted by Crippen LogP contribution is -2.30. The van der Waals surface area contributed by atoms with Gasteiger partial charge < -0.3 is 14.8 Å². The van der Waals surface area contributed by atoms with Crippen LogP contribution in [0.3, 0.4) is 0 Å². The van der Waals surface area contributed by atoms with Crippen LogP contribution in [0.2, 0.25) is 10.0 Å². The lowest BCUT2D eigenvalue weighted by Gasteiger charge is -2.14. The molecule has 0 bridgehead atoms. The Morgan fingerprint density at radius 3 is 2.21 bits per heavy atom. The largest absolute Gasteiger partial charge is 0.495 e. The van der Waals surface area contributed by atoms with E-state index in [1.54, 1.807) is 13.8 Å². The fourth-order valence-corrected chi connectivity index (χ4v) is 4.08. The molecule has 0 atom stereocenters. The summed E-state index contributed by atoms with van der Waals surface area (Å²) in [4.78, 5) is 12.7. The second-order valence-electron chi connectivity index (χ2n) is 6.06. The van der Waals surface area contributed by atoms with Crippen LogP contribution >= 0.6 is 23.2 Å². The number of benzene rings is 2. The van der Waals surface area contributed by atoms with Gasteiger partial charge in [0.25, 0.3) is 5.91 Å². The minimum Gasteiger partial charge on any atom is -0.495 e. The summed E-state index contributed by atoms with van der Waals surface area (Å²) in [6.45, 7) is 3.39. The Balaban J connectivity index is 2.41. The van der Waals surface area contributed by atoms with Gasteiger partial charge in [0, 0.05) is 18.2 Å². The molecule has 2 rings (SSSR count). The van der Waals surface area contributed by atoms with E-state index >= 15 is 0 Å². The van der Waals surface area contributed by atoms with E-state index in [1.807, 2.05) is 0 Å². The maximum Gasteiger partial charge on any atom is 0.257 e. The Kier molecular flexibility index (Phi) is 7.16. The van der Waals surface area contributed by atoms with E-state index in [1.165, 1.54) is 44.6 Å². The quantitative estimate of drug-likeness (QED) is 0.671. The molecule has 2 aromatic carbocycles. The van der Waals surface area contributed by atoms with E-state index in [0.717, 1.165) is 0 Å². The van der Waals surface area contributed by atoms with Crippen molar-refractivity contribution >= 4 is 44.8 Å². The van der Waals surface area contributed by atoms with E-state index in [9.17, 15) is 13.2 Å². The number of nitrogens with one attached hydrogen (secondary N) is 2. The van der Waals surface area contributed by atoms with Gasteiger partial charge in [0.1, 0.15) is 11.5 Å². The van der Waals surface area contributed by atoms with Crippen LogP contribution < -0.4 is 19.5 Å². The Morgan fingerprint density at radius 2 is 1.64 bits per heavy atom. The number of hydrogen-bond acceptors (Lipinski definition) is 5. The smallest absolute Gasteiger partial charge is 0.257 e. The maximum absolute atomic E-state index is 12.7. The second-order valence-corrected chi connectivity index (χ2v) is 8.59. The van der Waals surface area contributed by atoms with Gasteiger partial charge in [-0.15, -0.1) is 0 Å². The van der Waals surface area contributed by atoms with Crippen molar-refractivity contribution in [1.29, 1.82) is 0 Å². The topological polar surface area (TPSA) is 93.7 Å². The van der Waals surface area contributed by atoms with E-state index in [0.29, 0.717) is 22.2 Å². The van der Waals surface area contributed by atoms with Crippen molar-refractivity contribution in [3.8, 4) is 11.5 Å². The van der Waals surface area contributed by atoms with Crippen LogP contribution in [0.1, 0.15) is 24.2 Å². The zero-order chi connectivity index (χ0) is 21.1. The first-order valence-electron chi connectivity index (χ1n) is 8.13. The summed E-state index contributed by atoms with van der Waals surface area (Å²) in [5, 5.41) is 3.04. The number of carbonyl (C=O) groups is 1. The standard InChI is InChI=1S/C18H20Cl2N2O5S/c1-10(2)22-28(24,25)11-5-6-13(19)12(7-11)18(23)21-15-9-16(26-3)14(20)8-17(15)27-4/h5-10,22H,1-4H3,(H,21,23). The molecule has 2 N–H and O–H groups in total. The van der Waals surface area contributed by atoms with Crippen molar-refractivity contribution < 1.29 is 22.7 Å². The highest BCUT2D eigenvalue weighted by atomic mass is 35.5. The van der Waals surface area contributed by atoms with Gasteiger partial charge in [0.2, 0.25) is 10.0 Å². The number of amides is 1. The number of hydrogen-bond donors (Lipinski definition) is 2. The molecule has 0 aliphatic rings. The first-order chi connectivity index (χ1) is 13.1. The van der Waals surface area contributed by atoms with Gasteiger partial charge in [-0.25, -0.2) is 13.1 Å². The van der Waals surface area contributed by atoms with Gasteiger partial charge in [0.15, 0.2) is 0 Å². The molecule has 0 unspecified atom stereocenters. The molecular weight excluding hydrogens is 427 g/mol. The van der Waals surface area contributed by atoms with Crippen molar-refractivity contribution in [3.63, 3.8) is 0 Å². The predicted octanol–water partition coefficient (Wildman–Crippen LogP) is 3.95.